The highest BCUT2D eigenvalue weighted by Crippen LogP contribution is 2.25. The molecular formula is C23H28N4O10S. The molecule has 1 aromatic heterocycles. The van der Waals surface area contributed by atoms with Crippen LogP contribution in [0.5, 0.6) is 0 Å². The molecule has 15 heteroatoms. The minimum atomic E-state index is -1.56. The summed E-state index contributed by atoms with van der Waals surface area (Å²) in [7, 11) is 1.11. The van der Waals surface area contributed by atoms with Gasteiger partial charge in [0.2, 0.25) is 11.8 Å². The number of hydrogen-bond acceptors (Lipinski definition) is 10. The van der Waals surface area contributed by atoms with Gasteiger partial charge in [0.25, 0.3) is 5.91 Å². The Bertz CT molecular complexity index is 1140. The molecule has 206 valence electrons. The number of alkyl carbamates (subject to hydrolysis) is 1. The van der Waals surface area contributed by atoms with Crippen LogP contribution in [-0.4, -0.2) is 95.0 Å². The van der Waals surface area contributed by atoms with Gasteiger partial charge in [-0.25, -0.2) is 14.6 Å². The Morgan fingerprint density at radius 2 is 1.95 bits per heavy atom. The quantitative estimate of drug-likeness (QED) is 0.352. The number of ketones is 1. The first-order valence-electron chi connectivity index (χ1n) is 11.8. The summed E-state index contributed by atoms with van der Waals surface area (Å²) in [6.07, 6.45) is -1.29. The van der Waals surface area contributed by atoms with Crippen molar-refractivity contribution in [2.24, 2.45) is 0 Å². The normalized spacial score (nSPS) is 20.1. The number of esters is 1. The Balaban J connectivity index is 1.75. The van der Waals surface area contributed by atoms with E-state index in [0.29, 0.717) is 16.9 Å². The molecule has 1 aromatic rings. The number of thiophene rings is 1. The summed E-state index contributed by atoms with van der Waals surface area (Å²) in [5, 5.41) is 17.7. The average Bonchev–Trinajstić information content (AvgIpc) is 3.28. The molecule has 0 spiro atoms. The Kier molecular flexibility index (Phi) is 9.39. The maximum atomic E-state index is 13.3. The van der Waals surface area contributed by atoms with E-state index in [-0.39, 0.29) is 25.8 Å². The summed E-state index contributed by atoms with van der Waals surface area (Å²) < 4.78 is 9.56. The van der Waals surface area contributed by atoms with Gasteiger partial charge in [0.05, 0.1) is 13.5 Å². The minimum absolute atomic E-state index is 0.0106. The van der Waals surface area contributed by atoms with Crippen LogP contribution in [0.3, 0.4) is 0 Å². The first-order chi connectivity index (χ1) is 18.0. The second-order valence-electron chi connectivity index (χ2n) is 8.72. The highest BCUT2D eigenvalue weighted by atomic mass is 32.1. The number of carboxylic acid groups (broad SMARTS) is 1. The fourth-order valence-corrected chi connectivity index (χ4v) is 5.00. The second-order valence-corrected chi connectivity index (χ2v) is 9.64. The molecule has 2 fully saturated rings. The lowest BCUT2D eigenvalue weighted by atomic mass is 10.0. The predicted octanol–water partition coefficient (Wildman–Crippen LogP) is -0.00508. The van der Waals surface area contributed by atoms with Crippen LogP contribution in [0.2, 0.25) is 0 Å². The van der Waals surface area contributed by atoms with Gasteiger partial charge in [0, 0.05) is 13.0 Å². The summed E-state index contributed by atoms with van der Waals surface area (Å²) in [5.74, 6) is -5.03. The number of aliphatic carboxylic acids is 1. The number of fused-ring (bicyclic) bond motifs is 1. The van der Waals surface area contributed by atoms with Crippen molar-refractivity contribution in [1.29, 1.82) is 0 Å². The van der Waals surface area contributed by atoms with Crippen molar-refractivity contribution < 1.29 is 48.1 Å². The lowest BCUT2D eigenvalue weighted by Gasteiger charge is -2.43. The number of rotatable bonds is 9. The lowest BCUT2D eigenvalue weighted by molar-refractivity contribution is -0.176. The van der Waals surface area contributed by atoms with Gasteiger partial charge in [-0.3, -0.25) is 29.0 Å². The number of amides is 4. The third kappa shape index (κ3) is 6.65. The number of carbonyl (C=O) groups excluding carboxylic acids is 6. The number of ether oxygens (including phenoxy) is 2. The van der Waals surface area contributed by atoms with E-state index in [1.54, 1.807) is 18.4 Å². The third-order valence-corrected chi connectivity index (χ3v) is 7.11. The van der Waals surface area contributed by atoms with Gasteiger partial charge in [0.15, 0.2) is 12.4 Å². The van der Waals surface area contributed by atoms with Crippen molar-refractivity contribution in [1.82, 2.24) is 20.7 Å². The van der Waals surface area contributed by atoms with Gasteiger partial charge in [-0.15, -0.1) is 11.3 Å². The molecule has 3 rings (SSSR count). The monoisotopic (exact) mass is 552 g/mol. The number of aryl methyl sites for hydroxylation is 1. The van der Waals surface area contributed by atoms with Crippen LogP contribution in [0, 0.1) is 6.92 Å². The fourth-order valence-electron chi connectivity index (χ4n) is 4.18. The van der Waals surface area contributed by atoms with Crippen LogP contribution in [0.15, 0.2) is 11.4 Å². The fraction of sp³-hybridized carbons (Fsp3) is 0.522. The third-order valence-electron chi connectivity index (χ3n) is 6.12. The number of nitrogens with zero attached hydrogens (tertiary/aromatic N) is 2. The van der Waals surface area contributed by atoms with E-state index in [9.17, 15) is 38.7 Å². The van der Waals surface area contributed by atoms with Crippen LogP contribution < -0.4 is 10.6 Å². The molecule has 3 atom stereocenters. The van der Waals surface area contributed by atoms with Gasteiger partial charge < -0.3 is 25.2 Å². The molecule has 0 radical (unpaired) electrons. The Morgan fingerprint density at radius 3 is 2.58 bits per heavy atom. The van der Waals surface area contributed by atoms with E-state index in [4.69, 9.17) is 4.74 Å². The van der Waals surface area contributed by atoms with E-state index < -0.39 is 72.7 Å². The zero-order valence-electron chi connectivity index (χ0n) is 20.8. The second kappa shape index (κ2) is 12.5. The highest BCUT2D eigenvalue weighted by Gasteiger charge is 2.45. The summed E-state index contributed by atoms with van der Waals surface area (Å²) >= 11 is 1.12. The van der Waals surface area contributed by atoms with Crippen LogP contribution in [0.4, 0.5) is 4.79 Å². The van der Waals surface area contributed by atoms with Crippen molar-refractivity contribution in [2.45, 2.75) is 57.2 Å². The Hall–Kier alpha value is -4.01. The van der Waals surface area contributed by atoms with Crippen LogP contribution >= 0.6 is 11.3 Å². The zero-order valence-corrected chi connectivity index (χ0v) is 21.6. The molecule has 0 saturated carbocycles. The highest BCUT2D eigenvalue weighted by molar-refractivity contribution is 7.12. The molecule has 0 aliphatic carbocycles. The van der Waals surface area contributed by atoms with Crippen molar-refractivity contribution in [3.63, 3.8) is 0 Å². The lowest BCUT2D eigenvalue weighted by Crippen LogP contribution is -2.64. The first kappa shape index (κ1) is 28.6. The minimum Gasteiger partial charge on any atom is -0.481 e. The van der Waals surface area contributed by atoms with E-state index in [1.165, 1.54) is 0 Å². The van der Waals surface area contributed by atoms with Gasteiger partial charge >= 0.3 is 18.0 Å². The van der Waals surface area contributed by atoms with Gasteiger partial charge in [-0.1, -0.05) is 0 Å². The maximum Gasteiger partial charge on any atom is 0.407 e. The molecule has 2 saturated heterocycles. The number of hydrogen-bond donors (Lipinski definition) is 3. The molecule has 3 heterocycles. The molecule has 3 N–H and O–H groups in total. The molecule has 0 bridgehead atoms. The number of nitrogens with one attached hydrogen (secondary N) is 2. The van der Waals surface area contributed by atoms with E-state index in [0.717, 1.165) is 28.5 Å². The van der Waals surface area contributed by atoms with Crippen molar-refractivity contribution in [3.8, 4) is 0 Å². The van der Waals surface area contributed by atoms with Crippen molar-refractivity contribution in [3.05, 3.63) is 21.9 Å². The molecule has 2 aliphatic heterocycles. The number of carbonyl (C=O) groups is 7. The van der Waals surface area contributed by atoms with E-state index in [1.807, 2.05) is 0 Å². The van der Waals surface area contributed by atoms with Crippen molar-refractivity contribution >= 4 is 52.9 Å². The molecule has 2 aliphatic rings. The maximum absolute atomic E-state index is 13.3. The summed E-state index contributed by atoms with van der Waals surface area (Å²) in [6.45, 7) is 1.07. The molecule has 14 nitrogen and oxygen atoms in total. The smallest absolute Gasteiger partial charge is 0.407 e. The van der Waals surface area contributed by atoms with Crippen molar-refractivity contribution in [2.75, 3.05) is 20.3 Å². The first-order valence-corrected chi connectivity index (χ1v) is 12.6. The molecule has 0 aromatic carbocycles. The Morgan fingerprint density at radius 1 is 1.21 bits per heavy atom. The predicted molar refractivity (Wildman–Crippen MR) is 129 cm³/mol. The van der Waals surface area contributed by atoms with Gasteiger partial charge in [0.1, 0.15) is 23.0 Å². The van der Waals surface area contributed by atoms with E-state index in [2.05, 4.69) is 15.4 Å². The average molecular weight is 553 g/mol. The SMILES string of the molecule is COC(=O)N[C@H]1CCC(=O)N2CCC[C@@H](C(=O)N[C@@H](CC(=O)O)C(=O)COC(=O)c3sccc3C)N2C1=O. The topological polar surface area (TPSA) is 189 Å². The summed E-state index contributed by atoms with van der Waals surface area (Å²) in [4.78, 5) is 87.6. The molecular weight excluding hydrogens is 524 g/mol. The van der Waals surface area contributed by atoms with Crippen LogP contribution in [-0.2, 0) is 33.4 Å². The largest absolute Gasteiger partial charge is 0.481 e. The van der Waals surface area contributed by atoms with Crippen LogP contribution in [0.25, 0.3) is 0 Å². The zero-order chi connectivity index (χ0) is 28.0. The summed E-state index contributed by atoms with van der Waals surface area (Å²) in [6, 6.07) is -2.25. The molecule has 0 unspecified atom stereocenters. The Labute approximate surface area is 221 Å². The number of hydrazine groups is 1. The standard InChI is InChI=1S/C23H28N4O10S/c1-12-7-9-38-19(12)22(34)37-11-16(28)14(10-18(30)31)24-20(32)15-4-3-8-26-17(29)6-5-13(21(33)27(15)26)25-23(35)36-2/h7,9,13-15H,3-6,8,10-11H2,1-2H3,(H,24,32)(H,25,35)(H,30,31)/t13-,14-,15-/m0/s1. The van der Waals surface area contributed by atoms with Crippen LogP contribution in [0.1, 0.15) is 47.3 Å². The van der Waals surface area contributed by atoms with Gasteiger partial charge in [-0.2, -0.15) is 0 Å². The van der Waals surface area contributed by atoms with E-state index >= 15 is 0 Å². The molecule has 4 amide bonds. The molecule has 38 heavy (non-hydrogen) atoms. The number of carboxylic acids is 1. The number of Topliss-reactive ketones (excluding diaryl/α,β-unsaturated/α-hetero) is 1. The van der Waals surface area contributed by atoms with Gasteiger partial charge in [-0.05, 0) is 43.2 Å². The number of methoxy groups -OCH3 is 1. The summed E-state index contributed by atoms with van der Waals surface area (Å²) in [5.41, 5.74) is 0.654.